The highest BCUT2D eigenvalue weighted by Crippen LogP contribution is 2.25. The summed E-state index contributed by atoms with van der Waals surface area (Å²) in [5.74, 6) is -0.394. The van der Waals surface area contributed by atoms with Gasteiger partial charge >= 0.3 is 0 Å². The lowest BCUT2D eigenvalue weighted by Gasteiger charge is -2.11. The summed E-state index contributed by atoms with van der Waals surface area (Å²) in [7, 11) is 1.72. The molecule has 0 bridgehead atoms. The van der Waals surface area contributed by atoms with Gasteiger partial charge in [-0.3, -0.25) is 9.59 Å². The summed E-state index contributed by atoms with van der Waals surface area (Å²) in [6.07, 6.45) is 1.98. The number of thioether (sulfide) groups is 1. The van der Waals surface area contributed by atoms with E-state index in [1.807, 2.05) is 0 Å². The van der Waals surface area contributed by atoms with E-state index in [-0.39, 0.29) is 29.4 Å². The van der Waals surface area contributed by atoms with Crippen molar-refractivity contribution in [3.05, 3.63) is 59.9 Å². The topological polar surface area (TPSA) is 88.9 Å². The van der Waals surface area contributed by atoms with Crippen molar-refractivity contribution < 1.29 is 14.0 Å². The number of para-hydroxylation sites is 1. The molecular weight excluding hydrogens is 405 g/mol. The molecule has 3 aromatic rings. The van der Waals surface area contributed by atoms with Crippen LogP contribution >= 0.6 is 11.8 Å². The van der Waals surface area contributed by atoms with Crippen LogP contribution in [0.15, 0.2) is 53.7 Å². The lowest BCUT2D eigenvalue weighted by atomic mass is 10.1. The lowest BCUT2D eigenvalue weighted by molar-refractivity contribution is -0.113. The van der Waals surface area contributed by atoms with Crippen molar-refractivity contribution in [1.29, 1.82) is 0 Å². The molecular formula is C21H20FN5O2S. The van der Waals surface area contributed by atoms with E-state index in [2.05, 4.69) is 20.8 Å². The Morgan fingerprint density at radius 3 is 2.63 bits per heavy atom. The third kappa shape index (κ3) is 4.51. The maximum Gasteiger partial charge on any atom is 0.253 e. The van der Waals surface area contributed by atoms with Gasteiger partial charge in [-0.05, 0) is 37.1 Å². The molecule has 1 aliphatic carbocycles. The Hall–Kier alpha value is -3.20. The standard InChI is InChI=1S/C21H20FN5O2S/c1-27-19(14-6-2-4-8-16(14)22)25-26-21(27)30-12-18(28)24-17-9-5-3-7-15(17)20(29)23-13-10-11-13/h2-9,13H,10-12H2,1H3,(H,23,29)(H,24,28). The van der Waals surface area contributed by atoms with E-state index in [0.717, 1.165) is 12.8 Å². The molecule has 0 saturated heterocycles. The molecule has 154 valence electrons. The predicted molar refractivity (Wildman–Crippen MR) is 113 cm³/mol. The van der Waals surface area contributed by atoms with Gasteiger partial charge < -0.3 is 15.2 Å². The SMILES string of the molecule is Cn1c(SCC(=O)Nc2ccccc2C(=O)NC2CC2)nnc1-c1ccccc1F. The molecule has 2 N–H and O–H groups in total. The largest absolute Gasteiger partial charge is 0.349 e. The normalized spacial score (nSPS) is 13.1. The Bertz CT molecular complexity index is 1100. The van der Waals surface area contributed by atoms with E-state index in [9.17, 15) is 14.0 Å². The number of halogens is 1. The smallest absolute Gasteiger partial charge is 0.253 e. The fraction of sp³-hybridized carbons (Fsp3) is 0.238. The van der Waals surface area contributed by atoms with Crippen molar-refractivity contribution in [1.82, 2.24) is 20.1 Å². The fourth-order valence-electron chi connectivity index (χ4n) is 2.92. The van der Waals surface area contributed by atoms with Crippen LogP contribution in [-0.4, -0.2) is 38.4 Å². The van der Waals surface area contributed by atoms with Crippen LogP contribution < -0.4 is 10.6 Å². The Kier molecular flexibility index (Phi) is 5.80. The zero-order valence-electron chi connectivity index (χ0n) is 16.3. The Morgan fingerprint density at radius 2 is 1.87 bits per heavy atom. The number of aromatic nitrogens is 3. The number of rotatable bonds is 7. The molecule has 2 amide bonds. The first-order valence-corrected chi connectivity index (χ1v) is 10.5. The van der Waals surface area contributed by atoms with E-state index in [4.69, 9.17) is 0 Å². The number of hydrogen-bond acceptors (Lipinski definition) is 5. The van der Waals surface area contributed by atoms with E-state index in [1.165, 1.54) is 17.8 Å². The van der Waals surface area contributed by atoms with Gasteiger partial charge in [0.2, 0.25) is 5.91 Å². The Balaban J connectivity index is 1.40. The van der Waals surface area contributed by atoms with E-state index < -0.39 is 0 Å². The number of carbonyl (C=O) groups is 2. The summed E-state index contributed by atoms with van der Waals surface area (Å²) in [5.41, 5.74) is 1.24. The molecule has 0 aliphatic heterocycles. The molecule has 0 spiro atoms. The van der Waals surface area contributed by atoms with Crippen LogP contribution in [0.5, 0.6) is 0 Å². The first-order chi connectivity index (χ1) is 14.5. The second-order valence-corrected chi connectivity index (χ2v) is 7.92. The molecule has 0 radical (unpaired) electrons. The first kappa shape index (κ1) is 20.1. The molecule has 9 heteroatoms. The summed E-state index contributed by atoms with van der Waals surface area (Å²) < 4.78 is 15.7. The third-order valence-corrected chi connectivity index (χ3v) is 5.66. The molecule has 1 aliphatic rings. The lowest BCUT2D eigenvalue weighted by Crippen LogP contribution is -2.27. The second-order valence-electron chi connectivity index (χ2n) is 6.98. The molecule has 0 atom stereocenters. The number of nitrogens with zero attached hydrogens (tertiary/aromatic N) is 3. The summed E-state index contributed by atoms with van der Waals surface area (Å²) in [6, 6.07) is 13.5. The van der Waals surface area contributed by atoms with Gasteiger partial charge in [-0.25, -0.2) is 4.39 Å². The van der Waals surface area contributed by atoms with Crippen molar-refractivity contribution in [3.8, 4) is 11.4 Å². The van der Waals surface area contributed by atoms with Crippen molar-refractivity contribution in [3.63, 3.8) is 0 Å². The van der Waals surface area contributed by atoms with Gasteiger partial charge in [-0.2, -0.15) is 0 Å². The average Bonchev–Trinajstić information content (AvgIpc) is 3.48. The van der Waals surface area contributed by atoms with Crippen LogP contribution in [0.4, 0.5) is 10.1 Å². The van der Waals surface area contributed by atoms with Crippen LogP contribution in [0.2, 0.25) is 0 Å². The average molecular weight is 425 g/mol. The van der Waals surface area contributed by atoms with Crippen LogP contribution in [0, 0.1) is 5.82 Å². The number of nitrogens with one attached hydrogen (secondary N) is 2. The van der Waals surface area contributed by atoms with Crippen molar-refractivity contribution in [2.24, 2.45) is 7.05 Å². The minimum absolute atomic E-state index is 0.0713. The molecule has 1 aromatic heterocycles. The van der Waals surface area contributed by atoms with Gasteiger partial charge in [0, 0.05) is 13.1 Å². The van der Waals surface area contributed by atoms with Gasteiger partial charge in [0.25, 0.3) is 5.91 Å². The molecule has 1 fully saturated rings. The highest BCUT2D eigenvalue weighted by Gasteiger charge is 2.25. The maximum atomic E-state index is 14.0. The highest BCUT2D eigenvalue weighted by atomic mass is 32.2. The van der Waals surface area contributed by atoms with Gasteiger partial charge in [0.15, 0.2) is 11.0 Å². The predicted octanol–water partition coefficient (Wildman–Crippen LogP) is 3.24. The fourth-order valence-corrected chi connectivity index (χ4v) is 3.63. The molecule has 2 aromatic carbocycles. The monoisotopic (exact) mass is 425 g/mol. The highest BCUT2D eigenvalue weighted by molar-refractivity contribution is 7.99. The summed E-state index contributed by atoms with van der Waals surface area (Å²) in [6.45, 7) is 0. The second kappa shape index (κ2) is 8.66. The maximum absolute atomic E-state index is 14.0. The number of hydrogen-bond donors (Lipinski definition) is 2. The molecule has 7 nitrogen and oxygen atoms in total. The van der Waals surface area contributed by atoms with Gasteiger partial charge in [-0.1, -0.05) is 36.0 Å². The number of anilines is 1. The van der Waals surface area contributed by atoms with Crippen LogP contribution in [0.1, 0.15) is 23.2 Å². The van der Waals surface area contributed by atoms with Crippen molar-refractivity contribution >= 4 is 29.3 Å². The van der Waals surface area contributed by atoms with Crippen LogP contribution in [0.3, 0.4) is 0 Å². The van der Waals surface area contributed by atoms with Gasteiger partial charge in [-0.15, -0.1) is 10.2 Å². The first-order valence-electron chi connectivity index (χ1n) is 9.50. The third-order valence-electron chi connectivity index (χ3n) is 4.64. The van der Waals surface area contributed by atoms with Crippen molar-refractivity contribution in [2.75, 3.05) is 11.1 Å². The van der Waals surface area contributed by atoms with E-state index in [0.29, 0.717) is 27.8 Å². The van der Waals surface area contributed by atoms with Crippen LogP contribution in [0.25, 0.3) is 11.4 Å². The molecule has 4 rings (SSSR count). The van der Waals surface area contributed by atoms with E-state index >= 15 is 0 Å². The van der Waals surface area contributed by atoms with Crippen LogP contribution in [-0.2, 0) is 11.8 Å². The summed E-state index contributed by atoms with van der Waals surface area (Å²) in [4.78, 5) is 24.8. The van der Waals surface area contributed by atoms with Crippen molar-refractivity contribution in [2.45, 2.75) is 24.0 Å². The Labute approximate surface area is 177 Å². The number of carbonyl (C=O) groups excluding carboxylic acids is 2. The summed E-state index contributed by atoms with van der Waals surface area (Å²) in [5, 5.41) is 14.3. The Morgan fingerprint density at radius 1 is 1.13 bits per heavy atom. The van der Waals surface area contributed by atoms with Gasteiger partial charge in [0.1, 0.15) is 5.82 Å². The summed E-state index contributed by atoms with van der Waals surface area (Å²) >= 11 is 1.18. The quantitative estimate of drug-likeness (QED) is 0.568. The zero-order chi connectivity index (χ0) is 21.1. The number of benzene rings is 2. The molecule has 30 heavy (non-hydrogen) atoms. The van der Waals surface area contributed by atoms with Gasteiger partial charge in [0.05, 0.1) is 22.6 Å². The molecule has 0 unspecified atom stereocenters. The minimum Gasteiger partial charge on any atom is -0.349 e. The minimum atomic E-state index is -0.386. The zero-order valence-corrected chi connectivity index (χ0v) is 17.1. The molecule has 1 saturated carbocycles. The van der Waals surface area contributed by atoms with E-state index in [1.54, 1.807) is 54.1 Å². The number of amides is 2. The molecule has 1 heterocycles.